The third-order valence-electron chi connectivity index (χ3n) is 26.7. The van der Waals surface area contributed by atoms with Crippen molar-refractivity contribution in [2.45, 2.75) is 206 Å². The Bertz CT molecular complexity index is 5980. The number of methoxy groups -OCH3 is 1. The first-order valence-electron chi connectivity index (χ1n) is 44.3. The number of amides is 10. The number of hydrogen-bond donors (Lipinski definition) is 10. The number of nitrogens with zero attached hydrogens (tertiary/aromatic N) is 4. The van der Waals surface area contributed by atoms with Crippen molar-refractivity contribution in [2.24, 2.45) is 75.3 Å². The summed E-state index contributed by atoms with van der Waals surface area (Å²) in [7, 11) is 9.15. The molecule has 30 nitrogen and oxygen atoms in total. The number of Topliss-reactive ketones (excluding diaryl/α,β-unsaturated/α-hetero) is 4. The second-order valence-electron chi connectivity index (χ2n) is 36.3. The van der Waals surface area contributed by atoms with Gasteiger partial charge in [-0.05, 0) is 287 Å². The van der Waals surface area contributed by atoms with Crippen LogP contribution < -0.4 is 53.6 Å². The number of aryl methyl sites for hydroxylation is 4. The van der Waals surface area contributed by atoms with Crippen LogP contribution in [-0.2, 0) is 66.5 Å². The van der Waals surface area contributed by atoms with Crippen molar-refractivity contribution < 1.29 is 94.2 Å². The summed E-state index contributed by atoms with van der Waals surface area (Å²) in [4.78, 5) is 192. The van der Waals surface area contributed by atoms with Crippen molar-refractivity contribution >= 4 is 111 Å². The predicted molar refractivity (Wildman–Crippen MR) is 494 cm³/mol. The molecule has 4 bridgehead atoms. The van der Waals surface area contributed by atoms with E-state index in [-0.39, 0.29) is 86.0 Å². The van der Waals surface area contributed by atoms with Crippen molar-refractivity contribution in [1.29, 1.82) is 0 Å². The van der Waals surface area contributed by atoms with Gasteiger partial charge < -0.3 is 76.6 Å². The average Bonchev–Trinajstić information content (AvgIpc) is 1.52. The average molecular weight is 1840 g/mol. The Morgan fingerprint density at radius 1 is 0.421 bits per heavy atom. The van der Waals surface area contributed by atoms with Crippen LogP contribution >= 0.6 is 0 Å². The molecule has 0 saturated heterocycles. The molecule has 0 radical (unpaired) electrons. The van der Waals surface area contributed by atoms with Gasteiger partial charge >= 0.3 is 5.97 Å². The summed E-state index contributed by atoms with van der Waals surface area (Å²) in [6.07, 6.45) is 9.85. The Labute approximate surface area is 771 Å². The summed E-state index contributed by atoms with van der Waals surface area (Å²) < 4.78 is 65.1. The number of likely N-dealkylation sites (N-methyl/N-ethyl adjacent to an activating group) is 1. The van der Waals surface area contributed by atoms with Crippen LogP contribution in [0.2, 0.25) is 0 Å². The zero-order chi connectivity index (χ0) is 99.0. The number of nitrogens with two attached hydrogens (primary N) is 1. The fourth-order valence-electron chi connectivity index (χ4n) is 19.2. The second-order valence-corrected chi connectivity index (χ2v) is 36.3. The molecule has 5 fully saturated rings. The van der Waals surface area contributed by atoms with E-state index in [9.17, 15) is 89.5 Å². The number of ketones is 4. The first-order valence-corrected chi connectivity index (χ1v) is 44.3. The number of esters is 1. The van der Waals surface area contributed by atoms with Crippen molar-refractivity contribution in [1.82, 2.24) is 44.9 Å². The van der Waals surface area contributed by atoms with E-state index in [0.29, 0.717) is 119 Å². The van der Waals surface area contributed by atoms with Crippen LogP contribution in [0.25, 0.3) is 0 Å². The van der Waals surface area contributed by atoms with E-state index in [0.717, 1.165) is 51.4 Å². The zero-order valence-corrected chi connectivity index (χ0v) is 79.7. The van der Waals surface area contributed by atoms with Gasteiger partial charge in [0.25, 0.3) is 70.4 Å². The lowest BCUT2D eigenvalue weighted by Crippen LogP contribution is -2.62. The zero-order valence-electron chi connectivity index (χ0n) is 79.7. The van der Waals surface area contributed by atoms with E-state index in [2.05, 4.69) is 54.8 Å². The number of rotatable bonds is 26. The Kier molecular flexibility index (Phi) is 33.3. The monoisotopic (exact) mass is 1840 g/mol. The topological polar surface area (TPSA) is 419 Å². The van der Waals surface area contributed by atoms with E-state index < -0.39 is 106 Å². The first kappa shape index (κ1) is 103. The quantitative estimate of drug-likeness (QED) is 0.0104. The Morgan fingerprint density at radius 2 is 0.714 bits per heavy atom. The minimum Gasteiger partial charge on any atom is -0.467 e. The van der Waals surface area contributed by atoms with Gasteiger partial charge in [-0.2, -0.15) is 0 Å². The number of hydrogen-bond acceptors (Lipinski definition) is 16. The van der Waals surface area contributed by atoms with Crippen LogP contribution in [0.1, 0.15) is 249 Å². The minimum atomic E-state index is -0.998. The van der Waals surface area contributed by atoms with Gasteiger partial charge in [0.15, 0.2) is 0 Å². The molecule has 0 aliphatic heterocycles. The molecule has 10 amide bonds. The fourth-order valence-corrected chi connectivity index (χ4v) is 19.2. The second kappa shape index (κ2) is 42.9. The molecule has 4 aromatic carbocycles. The number of carbonyl (C=O) groups is 15. The van der Waals surface area contributed by atoms with Crippen molar-refractivity contribution in [3.63, 3.8) is 0 Å². The van der Waals surface area contributed by atoms with Crippen LogP contribution in [0, 0.1) is 148 Å². The van der Waals surface area contributed by atoms with Gasteiger partial charge in [-0.15, -0.1) is 0 Å². The fraction of sp³-hybridized carbons (Fsp3) is 0.444. The summed E-state index contributed by atoms with van der Waals surface area (Å²) in [5.74, 6) is -9.70. The molecule has 712 valence electrons. The van der Waals surface area contributed by atoms with Crippen LogP contribution in [0.15, 0.2) is 72.8 Å². The van der Waals surface area contributed by atoms with E-state index in [1.54, 1.807) is 150 Å². The first-order chi connectivity index (χ1) is 62.3. The number of anilines is 4. The number of carbonyl (C=O) groups excluding carboxylic acids is 15. The maximum atomic E-state index is 13.6. The van der Waals surface area contributed by atoms with Crippen LogP contribution in [0.4, 0.5) is 40.3 Å². The lowest BCUT2D eigenvalue weighted by Gasteiger charge is -2.59. The highest BCUT2D eigenvalue weighted by molar-refractivity contribution is 6.45. The molecule has 4 aromatic heterocycles. The molecule has 13 rings (SSSR count). The molecule has 0 spiro atoms. The van der Waals surface area contributed by atoms with Crippen LogP contribution in [-0.4, -0.2) is 144 Å². The third kappa shape index (κ3) is 22.7. The number of aromatic nitrogens is 4. The highest BCUT2D eigenvalue weighted by atomic mass is 19.1. The molecule has 5 saturated carbocycles. The van der Waals surface area contributed by atoms with Gasteiger partial charge in [-0.25, -0.2) is 22.4 Å². The van der Waals surface area contributed by atoms with Gasteiger partial charge in [0, 0.05) is 86.3 Å². The smallest absolute Gasteiger partial charge is 0.328 e. The van der Waals surface area contributed by atoms with Gasteiger partial charge in [-0.3, -0.25) is 67.1 Å². The Balaban J connectivity index is 0.000000200. The summed E-state index contributed by atoms with van der Waals surface area (Å²) in [6.45, 7) is 28.8. The summed E-state index contributed by atoms with van der Waals surface area (Å²) in [5, 5.41) is 24.0. The van der Waals surface area contributed by atoms with Crippen LogP contribution in [0.3, 0.4) is 0 Å². The standard InChI is InChI=1S/C28H34FN3O3.C26H32FN3O5.C23H29FN4O4.C22H27FN4O4/c1-14-8-21(6-7-22(14)29)30-26(34)23-16(3)24(32(5)17(23)4)25(33)27(35)31-28-11-18-9-19(12-28)15(2)20(10-18)13-28;1-14-13-18(11-12-19(14)27)28-24(32)20-15(2)22(30(4)16(20)3)23(31)25(33)29-21(26(34)35-5)17-9-7-6-8-10-17;1-11(2)18(22(31)25-6)27-23(32)20(29)19-13(4)17(14(5)28(19)7)21(30)26-15-8-9-16(24)12(3)10-15;1-10(2)17(20(24)29)26-22(31)19(28)18-12(4)16(13(5)27(18)6)21(30)25-14-7-8-15(23)11(3)9-14/h6-8,15,18-20H,9-13H2,1-5H3,(H,30,34)(H,31,35);11-13,17,21H,6-10H2,1-5H3,(H,28,32)(H,29,33);8-11,18H,1-7H3,(H,25,31)(H,26,30)(H,27,32);7-10,17H,1-6H3,(H2,24,29)(H,25,30)(H,26,31)/t;21-;18-;17-/m.100/s1. The Hall–Kier alpha value is -13.4. The van der Waals surface area contributed by atoms with E-state index in [1.807, 2.05) is 0 Å². The molecular weight excluding hydrogens is 1720 g/mol. The molecule has 8 aromatic rings. The van der Waals surface area contributed by atoms with Gasteiger partial charge in [0.2, 0.25) is 11.8 Å². The largest absolute Gasteiger partial charge is 0.467 e. The lowest BCUT2D eigenvalue weighted by atomic mass is 9.49. The number of benzene rings is 4. The lowest BCUT2D eigenvalue weighted by molar-refractivity contribution is -0.146. The number of ether oxygens (including phenoxy) is 1. The van der Waals surface area contributed by atoms with Crippen molar-refractivity contribution in [2.75, 3.05) is 35.4 Å². The molecule has 5 aliphatic carbocycles. The van der Waals surface area contributed by atoms with E-state index in [4.69, 9.17) is 10.5 Å². The molecule has 4 heterocycles. The molecule has 5 aliphatic rings. The van der Waals surface area contributed by atoms with Crippen molar-refractivity contribution in [3.05, 3.63) is 208 Å². The van der Waals surface area contributed by atoms with Gasteiger partial charge in [0.1, 0.15) is 41.4 Å². The Morgan fingerprint density at radius 3 is 0.992 bits per heavy atom. The predicted octanol–water partition coefficient (Wildman–Crippen LogP) is 13.2. The van der Waals surface area contributed by atoms with Crippen molar-refractivity contribution in [3.8, 4) is 0 Å². The number of nitrogens with one attached hydrogen (secondary N) is 9. The molecule has 5 atom stereocenters. The maximum Gasteiger partial charge on any atom is 0.328 e. The van der Waals surface area contributed by atoms with Crippen LogP contribution in [0.5, 0.6) is 0 Å². The normalized spacial score (nSPS) is 17.1. The number of halogens is 4. The maximum absolute atomic E-state index is 13.6. The molecular formula is C99H122F4N14O16. The minimum absolute atomic E-state index is 0.0300. The summed E-state index contributed by atoms with van der Waals surface area (Å²) >= 11 is 0. The van der Waals surface area contributed by atoms with Gasteiger partial charge in [0.05, 0.1) is 52.1 Å². The van der Waals surface area contributed by atoms with Gasteiger partial charge in [-0.1, -0.05) is 53.9 Å². The number of primary amides is 1. The highest BCUT2D eigenvalue weighted by Gasteiger charge is 2.55. The molecule has 34 heteroatoms. The molecule has 11 N–H and O–H groups in total. The third-order valence-corrected chi connectivity index (χ3v) is 26.7. The molecule has 2 unspecified atom stereocenters. The highest BCUT2D eigenvalue weighted by Crippen LogP contribution is 2.58. The summed E-state index contributed by atoms with van der Waals surface area (Å²) in [6, 6.07) is 14.2. The molecule has 133 heavy (non-hydrogen) atoms. The summed E-state index contributed by atoms with van der Waals surface area (Å²) in [5.41, 5.74) is 13.3. The SMILES string of the molecule is CNC(=O)[C@@H](NC(=O)C(=O)c1c(C)c(C(=O)Nc2ccc(F)c(C)c2)c(C)n1C)C(C)C.COC(=O)[C@H](NC(=O)C(=O)c1c(C)c(C(=O)Nc2ccc(F)c(C)c2)c(C)n1C)C1CCCCC1.Cc1cc(NC(=O)c2c(C)c(C(=O)C(=O)NC34CC5CC(C3)C(C)C(C5)C4)n(C)c2C)ccc1F.Cc1cc(NC(=O)c2c(C)c(C(=O)C(=O)N[C@H](C(N)=O)C(C)C)n(C)c2C)ccc1F. The van der Waals surface area contributed by atoms with E-state index in [1.165, 1.54) is 107 Å². The van der Waals surface area contributed by atoms with E-state index >= 15 is 0 Å².